The molecule has 0 amide bonds. The van der Waals surface area contributed by atoms with Gasteiger partial charge in [-0.1, -0.05) is 0 Å². The van der Waals surface area contributed by atoms with Crippen molar-refractivity contribution in [2.24, 2.45) is 0 Å². The molecule has 2 heterocycles. The van der Waals surface area contributed by atoms with E-state index in [1.54, 1.807) is 0 Å². The summed E-state index contributed by atoms with van der Waals surface area (Å²) in [5, 5.41) is 18.3. The summed E-state index contributed by atoms with van der Waals surface area (Å²) >= 11 is 0. The second-order valence-corrected chi connectivity index (χ2v) is 2.73. The Balaban J connectivity index is 2.09. The van der Waals surface area contributed by atoms with Gasteiger partial charge >= 0.3 is 0 Å². The van der Waals surface area contributed by atoms with Crippen LogP contribution >= 0.6 is 0 Å². The van der Waals surface area contributed by atoms with Crippen molar-refractivity contribution in [3.8, 4) is 0 Å². The van der Waals surface area contributed by atoms with Gasteiger partial charge in [0, 0.05) is 0 Å². The Bertz CT molecular complexity index is 122. The average Bonchev–Trinajstić information content (AvgIpc) is 2.41. The van der Waals surface area contributed by atoms with Crippen molar-refractivity contribution in [1.82, 2.24) is 0 Å². The van der Waals surface area contributed by atoms with E-state index in [1.807, 2.05) is 0 Å². The lowest BCUT2D eigenvalue weighted by Crippen LogP contribution is -2.30. The van der Waals surface area contributed by atoms with Crippen LogP contribution in [0.15, 0.2) is 0 Å². The summed E-state index contributed by atoms with van der Waals surface area (Å²) in [5.74, 6) is 0. The van der Waals surface area contributed by atoms with Gasteiger partial charge in [0.15, 0.2) is 0 Å². The molecule has 0 aromatic heterocycles. The molecule has 2 rings (SSSR count). The van der Waals surface area contributed by atoms with Crippen LogP contribution < -0.4 is 0 Å². The van der Waals surface area contributed by atoms with E-state index in [0.717, 1.165) is 0 Å². The summed E-state index contributed by atoms with van der Waals surface area (Å²) in [7, 11) is 0. The van der Waals surface area contributed by atoms with E-state index < -0.39 is 12.2 Å². The number of rotatable bonds is 0. The zero-order valence-electron chi connectivity index (χ0n) is 5.43. The minimum absolute atomic E-state index is 0.284. The standard InChI is InChI=1S/C6H10O4/c7-3-1-9-6-4(8)2-10-5(3)6/h3-8H,1-2H2/t3-,4-,5-,6?/m1/s1. The van der Waals surface area contributed by atoms with Crippen LogP contribution in [0.3, 0.4) is 0 Å². The van der Waals surface area contributed by atoms with E-state index >= 15 is 0 Å². The van der Waals surface area contributed by atoms with Gasteiger partial charge in [-0.15, -0.1) is 0 Å². The number of fused-ring (bicyclic) bond motifs is 1. The number of hydrogen-bond donors (Lipinski definition) is 2. The van der Waals surface area contributed by atoms with E-state index in [9.17, 15) is 0 Å². The number of aliphatic hydroxyl groups is 2. The smallest absolute Gasteiger partial charge is 0.114 e. The van der Waals surface area contributed by atoms with E-state index in [1.165, 1.54) is 0 Å². The first-order chi connectivity index (χ1) is 4.79. The van der Waals surface area contributed by atoms with Crippen LogP contribution in [0.4, 0.5) is 0 Å². The van der Waals surface area contributed by atoms with Gasteiger partial charge in [0.1, 0.15) is 24.4 Å². The fourth-order valence-corrected chi connectivity index (χ4v) is 1.46. The van der Waals surface area contributed by atoms with E-state index in [4.69, 9.17) is 19.7 Å². The molecule has 2 aliphatic rings. The summed E-state index contributed by atoms with van der Waals surface area (Å²) in [5.41, 5.74) is 0. The SMILES string of the molecule is O[C@@H]1CO[C@H]2C1OC[C@H]2O. The molecule has 2 N–H and O–H groups in total. The molecule has 0 radical (unpaired) electrons. The first-order valence-electron chi connectivity index (χ1n) is 3.38. The van der Waals surface area contributed by atoms with Gasteiger partial charge in [0.2, 0.25) is 0 Å². The van der Waals surface area contributed by atoms with Gasteiger partial charge in [-0.25, -0.2) is 0 Å². The minimum atomic E-state index is -0.554. The Kier molecular flexibility index (Phi) is 1.42. The quantitative estimate of drug-likeness (QED) is 0.437. The lowest BCUT2D eigenvalue weighted by molar-refractivity contribution is 0.00205. The van der Waals surface area contributed by atoms with Crippen molar-refractivity contribution < 1.29 is 19.7 Å². The Morgan fingerprint density at radius 3 is 1.70 bits per heavy atom. The summed E-state index contributed by atoms with van der Waals surface area (Å²) < 4.78 is 10.2. The highest BCUT2D eigenvalue weighted by atomic mass is 16.6. The van der Waals surface area contributed by atoms with Gasteiger partial charge < -0.3 is 19.7 Å². The number of aliphatic hydroxyl groups excluding tert-OH is 2. The molecule has 0 aromatic rings. The number of hydrogen-bond acceptors (Lipinski definition) is 4. The van der Waals surface area contributed by atoms with Crippen LogP contribution in [0.2, 0.25) is 0 Å². The third-order valence-electron chi connectivity index (χ3n) is 2.00. The molecule has 4 heteroatoms. The molecular weight excluding hydrogens is 136 g/mol. The molecular formula is C6H10O4. The van der Waals surface area contributed by atoms with E-state index in [-0.39, 0.29) is 25.4 Å². The van der Waals surface area contributed by atoms with Crippen LogP contribution in [0.25, 0.3) is 0 Å². The highest BCUT2D eigenvalue weighted by Gasteiger charge is 2.46. The monoisotopic (exact) mass is 146 g/mol. The third kappa shape index (κ3) is 0.769. The first kappa shape index (κ1) is 6.54. The zero-order chi connectivity index (χ0) is 7.14. The summed E-state index contributed by atoms with van der Waals surface area (Å²) in [6.07, 6.45) is -1.70. The Labute approximate surface area is 58.4 Å². The fourth-order valence-electron chi connectivity index (χ4n) is 1.46. The molecule has 10 heavy (non-hydrogen) atoms. The second kappa shape index (κ2) is 2.17. The zero-order valence-corrected chi connectivity index (χ0v) is 5.43. The van der Waals surface area contributed by atoms with E-state index in [2.05, 4.69) is 0 Å². The number of ether oxygens (including phenoxy) is 2. The summed E-state index contributed by atoms with van der Waals surface area (Å²) in [6.45, 7) is 0.568. The third-order valence-corrected chi connectivity index (χ3v) is 2.00. The molecule has 0 aromatic carbocycles. The van der Waals surface area contributed by atoms with Crippen LogP contribution in [0.1, 0.15) is 0 Å². The maximum absolute atomic E-state index is 9.16. The van der Waals surface area contributed by atoms with Crippen LogP contribution in [0, 0.1) is 0 Å². The second-order valence-electron chi connectivity index (χ2n) is 2.73. The summed E-state index contributed by atoms with van der Waals surface area (Å²) in [4.78, 5) is 0. The van der Waals surface area contributed by atoms with Gasteiger partial charge in [-0.05, 0) is 0 Å². The Morgan fingerprint density at radius 1 is 0.900 bits per heavy atom. The topological polar surface area (TPSA) is 58.9 Å². The molecule has 2 fully saturated rings. The molecule has 0 aliphatic carbocycles. The fraction of sp³-hybridized carbons (Fsp3) is 1.00. The van der Waals surface area contributed by atoms with Gasteiger partial charge in [-0.2, -0.15) is 0 Å². The largest absolute Gasteiger partial charge is 0.388 e. The van der Waals surface area contributed by atoms with Crippen molar-refractivity contribution in [3.05, 3.63) is 0 Å². The van der Waals surface area contributed by atoms with Crippen LogP contribution in [0.5, 0.6) is 0 Å². The van der Waals surface area contributed by atoms with Crippen molar-refractivity contribution in [2.75, 3.05) is 13.2 Å². The van der Waals surface area contributed by atoms with Crippen LogP contribution in [-0.2, 0) is 9.47 Å². The maximum atomic E-state index is 9.16. The molecule has 4 nitrogen and oxygen atoms in total. The normalized spacial score (nSPS) is 53.4. The first-order valence-corrected chi connectivity index (χ1v) is 3.38. The van der Waals surface area contributed by atoms with Gasteiger partial charge in [0.05, 0.1) is 13.2 Å². The molecule has 0 bridgehead atoms. The predicted molar refractivity (Wildman–Crippen MR) is 31.5 cm³/mol. The van der Waals surface area contributed by atoms with Crippen LogP contribution in [-0.4, -0.2) is 47.8 Å². The molecule has 0 spiro atoms. The van der Waals surface area contributed by atoms with Crippen molar-refractivity contribution in [1.29, 1.82) is 0 Å². The average molecular weight is 146 g/mol. The minimum Gasteiger partial charge on any atom is -0.388 e. The lowest BCUT2D eigenvalue weighted by atomic mass is 10.1. The molecule has 2 saturated heterocycles. The van der Waals surface area contributed by atoms with Gasteiger partial charge in [0.25, 0.3) is 0 Å². The molecule has 2 aliphatic heterocycles. The highest BCUT2D eigenvalue weighted by molar-refractivity contribution is 4.93. The molecule has 1 unspecified atom stereocenters. The lowest BCUT2D eigenvalue weighted by Gasteiger charge is -2.09. The molecule has 58 valence electrons. The van der Waals surface area contributed by atoms with Crippen molar-refractivity contribution in [2.45, 2.75) is 24.4 Å². The Hall–Kier alpha value is -0.160. The predicted octanol–water partition coefficient (Wildman–Crippen LogP) is -1.49. The van der Waals surface area contributed by atoms with E-state index in [0.29, 0.717) is 0 Å². The Morgan fingerprint density at radius 2 is 1.30 bits per heavy atom. The summed E-state index contributed by atoms with van der Waals surface area (Å²) in [6, 6.07) is 0. The molecule has 0 saturated carbocycles. The van der Waals surface area contributed by atoms with Crippen molar-refractivity contribution >= 4 is 0 Å². The van der Waals surface area contributed by atoms with Crippen molar-refractivity contribution in [3.63, 3.8) is 0 Å². The highest BCUT2D eigenvalue weighted by Crippen LogP contribution is 2.26. The van der Waals surface area contributed by atoms with Gasteiger partial charge in [-0.3, -0.25) is 0 Å². The molecule has 4 atom stereocenters. The maximum Gasteiger partial charge on any atom is 0.114 e.